The molecule has 84 valence electrons. The summed E-state index contributed by atoms with van der Waals surface area (Å²) in [7, 11) is 0. The van der Waals surface area contributed by atoms with Gasteiger partial charge in [-0.1, -0.05) is 30.3 Å². The number of ether oxygens (including phenoxy) is 1. The van der Waals surface area contributed by atoms with Crippen molar-refractivity contribution in [1.82, 2.24) is 0 Å². The standard InChI is InChI=1S/C14H17NO/c15-10-13-7-4-8-14(9-13)16-11-12-5-2-1-3-6-12/h1-3,5-6,13-14H,4,7-9,11H2. The second-order valence-electron chi connectivity index (χ2n) is 4.41. The molecule has 1 aromatic rings. The Morgan fingerprint density at radius 3 is 2.81 bits per heavy atom. The van der Waals surface area contributed by atoms with E-state index in [0.717, 1.165) is 25.7 Å². The number of benzene rings is 1. The predicted octanol–water partition coefficient (Wildman–Crippen LogP) is 3.29. The lowest BCUT2D eigenvalue weighted by atomic mass is 9.88. The summed E-state index contributed by atoms with van der Waals surface area (Å²) < 4.78 is 5.85. The van der Waals surface area contributed by atoms with Crippen molar-refractivity contribution in [3.05, 3.63) is 35.9 Å². The zero-order valence-corrected chi connectivity index (χ0v) is 9.43. The SMILES string of the molecule is N#CC1CCCC(OCc2ccccc2)C1. The van der Waals surface area contributed by atoms with Crippen LogP contribution in [0.5, 0.6) is 0 Å². The number of nitrogens with zero attached hydrogens (tertiary/aromatic N) is 1. The van der Waals surface area contributed by atoms with E-state index >= 15 is 0 Å². The molecule has 0 amide bonds. The number of hydrogen-bond donors (Lipinski definition) is 0. The van der Waals surface area contributed by atoms with Crippen LogP contribution in [0, 0.1) is 17.2 Å². The molecular formula is C14H17NO. The Hall–Kier alpha value is -1.33. The van der Waals surface area contributed by atoms with Gasteiger partial charge in [0.15, 0.2) is 0 Å². The van der Waals surface area contributed by atoms with Crippen molar-refractivity contribution >= 4 is 0 Å². The van der Waals surface area contributed by atoms with Crippen LogP contribution in [0.4, 0.5) is 0 Å². The average molecular weight is 215 g/mol. The first-order valence-corrected chi connectivity index (χ1v) is 5.93. The maximum absolute atomic E-state index is 8.89. The van der Waals surface area contributed by atoms with Gasteiger partial charge in [-0.25, -0.2) is 0 Å². The van der Waals surface area contributed by atoms with Gasteiger partial charge in [0.05, 0.1) is 18.8 Å². The highest BCUT2D eigenvalue weighted by atomic mass is 16.5. The molecule has 2 unspecified atom stereocenters. The van der Waals surface area contributed by atoms with E-state index in [1.807, 2.05) is 18.2 Å². The van der Waals surface area contributed by atoms with Crippen LogP contribution in [-0.4, -0.2) is 6.10 Å². The summed E-state index contributed by atoms with van der Waals surface area (Å²) in [5, 5.41) is 8.89. The molecule has 2 rings (SSSR count). The third-order valence-corrected chi connectivity index (χ3v) is 3.14. The molecule has 0 aromatic heterocycles. The van der Waals surface area contributed by atoms with E-state index in [4.69, 9.17) is 10.00 Å². The summed E-state index contributed by atoms with van der Waals surface area (Å²) in [4.78, 5) is 0. The third-order valence-electron chi connectivity index (χ3n) is 3.14. The first-order chi connectivity index (χ1) is 7.88. The Kier molecular flexibility index (Phi) is 3.96. The summed E-state index contributed by atoms with van der Waals surface area (Å²) in [6, 6.07) is 12.6. The van der Waals surface area contributed by atoms with Crippen molar-refractivity contribution in [3.8, 4) is 6.07 Å². The summed E-state index contributed by atoms with van der Waals surface area (Å²) in [5.74, 6) is 0.203. The summed E-state index contributed by atoms with van der Waals surface area (Å²) >= 11 is 0. The predicted molar refractivity (Wildman–Crippen MR) is 62.6 cm³/mol. The summed E-state index contributed by atoms with van der Waals surface area (Å²) in [5.41, 5.74) is 1.21. The molecule has 0 N–H and O–H groups in total. The zero-order valence-electron chi connectivity index (χ0n) is 9.43. The molecule has 1 aromatic carbocycles. The Bertz CT molecular complexity index is 355. The van der Waals surface area contributed by atoms with Crippen molar-refractivity contribution in [3.63, 3.8) is 0 Å². The van der Waals surface area contributed by atoms with Gasteiger partial charge in [-0.05, 0) is 31.2 Å². The quantitative estimate of drug-likeness (QED) is 0.775. The Balaban J connectivity index is 1.80. The molecule has 0 saturated heterocycles. The summed E-state index contributed by atoms with van der Waals surface area (Å²) in [6.45, 7) is 0.670. The minimum atomic E-state index is 0.203. The van der Waals surface area contributed by atoms with Crippen molar-refractivity contribution < 1.29 is 4.74 Å². The molecule has 1 aliphatic rings. The van der Waals surface area contributed by atoms with E-state index in [0.29, 0.717) is 6.61 Å². The molecule has 0 bridgehead atoms. The van der Waals surface area contributed by atoms with Crippen molar-refractivity contribution in [2.75, 3.05) is 0 Å². The molecule has 0 spiro atoms. The fourth-order valence-corrected chi connectivity index (χ4v) is 2.20. The zero-order chi connectivity index (χ0) is 11.2. The van der Waals surface area contributed by atoms with Crippen LogP contribution in [0.2, 0.25) is 0 Å². The van der Waals surface area contributed by atoms with Gasteiger partial charge in [-0.3, -0.25) is 0 Å². The topological polar surface area (TPSA) is 33.0 Å². The lowest BCUT2D eigenvalue weighted by Gasteiger charge is -2.25. The van der Waals surface area contributed by atoms with Gasteiger partial charge in [0.25, 0.3) is 0 Å². The molecule has 2 atom stereocenters. The van der Waals surface area contributed by atoms with Crippen LogP contribution < -0.4 is 0 Å². The van der Waals surface area contributed by atoms with E-state index in [-0.39, 0.29) is 12.0 Å². The largest absolute Gasteiger partial charge is 0.373 e. The fraction of sp³-hybridized carbons (Fsp3) is 0.500. The summed E-state index contributed by atoms with van der Waals surface area (Å²) in [6.07, 6.45) is 4.45. The molecule has 0 aliphatic heterocycles. The van der Waals surface area contributed by atoms with Crippen LogP contribution in [-0.2, 0) is 11.3 Å². The molecular weight excluding hydrogens is 198 g/mol. The van der Waals surface area contributed by atoms with Crippen LogP contribution in [0.15, 0.2) is 30.3 Å². The van der Waals surface area contributed by atoms with Crippen molar-refractivity contribution in [2.45, 2.75) is 38.4 Å². The number of rotatable bonds is 3. The van der Waals surface area contributed by atoms with E-state index in [2.05, 4.69) is 18.2 Å². The first-order valence-electron chi connectivity index (χ1n) is 5.93. The molecule has 1 saturated carbocycles. The minimum Gasteiger partial charge on any atom is -0.373 e. The maximum atomic E-state index is 8.89. The number of hydrogen-bond acceptors (Lipinski definition) is 2. The Morgan fingerprint density at radius 2 is 2.06 bits per heavy atom. The Morgan fingerprint density at radius 1 is 1.25 bits per heavy atom. The van der Waals surface area contributed by atoms with Crippen LogP contribution in [0.1, 0.15) is 31.2 Å². The molecule has 1 fully saturated rings. The van der Waals surface area contributed by atoms with E-state index in [1.54, 1.807) is 0 Å². The molecule has 1 aliphatic carbocycles. The van der Waals surface area contributed by atoms with Crippen LogP contribution in [0.25, 0.3) is 0 Å². The first kappa shape index (κ1) is 11.2. The van der Waals surface area contributed by atoms with E-state index < -0.39 is 0 Å². The lowest BCUT2D eigenvalue weighted by Crippen LogP contribution is -2.21. The highest BCUT2D eigenvalue weighted by Crippen LogP contribution is 2.26. The minimum absolute atomic E-state index is 0.203. The van der Waals surface area contributed by atoms with Gasteiger partial charge in [0.1, 0.15) is 0 Å². The van der Waals surface area contributed by atoms with Gasteiger partial charge in [-0.15, -0.1) is 0 Å². The van der Waals surface area contributed by atoms with Gasteiger partial charge in [-0.2, -0.15) is 5.26 Å². The van der Waals surface area contributed by atoms with E-state index in [9.17, 15) is 0 Å². The lowest BCUT2D eigenvalue weighted by molar-refractivity contribution is 0.00884. The second kappa shape index (κ2) is 5.67. The van der Waals surface area contributed by atoms with Crippen molar-refractivity contribution in [1.29, 1.82) is 5.26 Å². The molecule has 16 heavy (non-hydrogen) atoms. The Labute approximate surface area is 96.9 Å². The molecule has 2 heteroatoms. The van der Waals surface area contributed by atoms with Gasteiger partial charge in [0.2, 0.25) is 0 Å². The molecule has 0 radical (unpaired) electrons. The van der Waals surface area contributed by atoms with Gasteiger partial charge in [0, 0.05) is 5.92 Å². The highest BCUT2D eigenvalue weighted by molar-refractivity contribution is 5.13. The molecule has 0 heterocycles. The van der Waals surface area contributed by atoms with Crippen molar-refractivity contribution in [2.24, 2.45) is 5.92 Å². The van der Waals surface area contributed by atoms with Gasteiger partial charge >= 0.3 is 0 Å². The van der Waals surface area contributed by atoms with Gasteiger partial charge < -0.3 is 4.74 Å². The normalized spacial score (nSPS) is 24.9. The molecule has 2 nitrogen and oxygen atoms in total. The second-order valence-corrected chi connectivity index (χ2v) is 4.41. The smallest absolute Gasteiger partial charge is 0.0720 e. The monoisotopic (exact) mass is 215 g/mol. The fourth-order valence-electron chi connectivity index (χ4n) is 2.20. The highest BCUT2D eigenvalue weighted by Gasteiger charge is 2.21. The maximum Gasteiger partial charge on any atom is 0.0720 e. The van der Waals surface area contributed by atoms with Crippen LogP contribution >= 0.6 is 0 Å². The van der Waals surface area contributed by atoms with E-state index in [1.165, 1.54) is 5.56 Å². The average Bonchev–Trinajstić information content (AvgIpc) is 2.38. The van der Waals surface area contributed by atoms with Crippen LogP contribution in [0.3, 0.4) is 0 Å². The number of nitriles is 1. The third kappa shape index (κ3) is 3.08.